The van der Waals surface area contributed by atoms with E-state index in [0.717, 1.165) is 5.92 Å². The Morgan fingerprint density at radius 2 is 2.07 bits per heavy atom. The maximum Gasteiger partial charge on any atom is 0.0337 e. The summed E-state index contributed by atoms with van der Waals surface area (Å²) >= 11 is 8.06. The fourth-order valence-electron chi connectivity index (χ4n) is 2.07. The number of thioether (sulfide) groups is 1. The number of rotatable bonds is 5. The predicted octanol–water partition coefficient (Wildman–Crippen LogP) is 3.08. The van der Waals surface area contributed by atoms with Gasteiger partial charge in [0.15, 0.2) is 0 Å². The van der Waals surface area contributed by atoms with Crippen LogP contribution >= 0.6 is 23.4 Å². The Kier molecular flexibility index (Phi) is 6.31. The Morgan fingerprint density at radius 1 is 1.43 bits per heavy atom. The van der Waals surface area contributed by atoms with Gasteiger partial charge in [0.05, 0.1) is 0 Å². The second-order valence-corrected chi connectivity index (χ2v) is 5.88. The quantitative estimate of drug-likeness (QED) is 0.532. The van der Waals surface area contributed by atoms with Crippen molar-refractivity contribution in [2.45, 2.75) is 31.6 Å². The van der Waals surface area contributed by atoms with Gasteiger partial charge in [0.25, 0.3) is 0 Å². The highest BCUT2D eigenvalue weighted by molar-refractivity contribution is 7.98. The molecule has 0 spiro atoms. The minimum absolute atomic E-state index is 0.364. The average molecular weight is 236 g/mol. The highest BCUT2D eigenvalue weighted by Gasteiger charge is 2.21. The Balaban J connectivity index is 2.09. The highest BCUT2D eigenvalue weighted by Crippen LogP contribution is 2.23. The first-order valence-corrected chi connectivity index (χ1v) is 7.42. The summed E-state index contributed by atoms with van der Waals surface area (Å²) in [5.74, 6) is 2.06. The average Bonchev–Trinajstić information content (AvgIpc) is 2.19. The largest absolute Gasteiger partial charge is 0.303 e. The van der Waals surface area contributed by atoms with Gasteiger partial charge >= 0.3 is 0 Å². The number of likely N-dealkylation sites (tertiary alicyclic amines) is 1. The zero-order valence-corrected chi connectivity index (χ0v) is 10.9. The summed E-state index contributed by atoms with van der Waals surface area (Å²) in [4.78, 5) is 2.59. The first-order valence-electron chi connectivity index (χ1n) is 5.59. The Hall–Kier alpha value is 0.600. The summed E-state index contributed by atoms with van der Waals surface area (Å²) in [6.07, 6.45) is 6.11. The van der Waals surface area contributed by atoms with Crippen LogP contribution in [0.25, 0.3) is 0 Å². The van der Waals surface area contributed by atoms with E-state index in [-0.39, 0.29) is 0 Å². The normalized spacial score (nSPS) is 22.5. The molecule has 0 amide bonds. The second kappa shape index (κ2) is 6.97. The summed E-state index contributed by atoms with van der Waals surface area (Å²) in [6.45, 7) is 5.94. The van der Waals surface area contributed by atoms with Gasteiger partial charge in [-0.05, 0) is 63.7 Å². The topological polar surface area (TPSA) is 3.24 Å². The predicted molar refractivity (Wildman–Crippen MR) is 67.5 cm³/mol. The van der Waals surface area contributed by atoms with Crippen LogP contribution in [0.4, 0.5) is 0 Å². The molecule has 14 heavy (non-hydrogen) atoms. The molecule has 3 heteroatoms. The van der Waals surface area contributed by atoms with Crippen LogP contribution < -0.4 is 0 Å². The molecular formula is C11H22ClNS. The molecule has 1 rings (SSSR count). The first kappa shape index (κ1) is 12.7. The Bertz CT molecular complexity index is 144. The molecule has 0 aliphatic carbocycles. The highest BCUT2D eigenvalue weighted by atomic mass is 35.5. The van der Waals surface area contributed by atoms with Crippen LogP contribution in [0.5, 0.6) is 0 Å². The van der Waals surface area contributed by atoms with Crippen molar-refractivity contribution >= 4 is 23.4 Å². The second-order valence-electron chi connectivity index (χ2n) is 4.20. The van der Waals surface area contributed by atoms with E-state index in [1.54, 1.807) is 0 Å². The maximum absolute atomic E-state index is 6.11. The van der Waals surface area contributed by atoms with Crippen LogP contribution in [0, 0.1) is 5.92 Å². The third-order valence-corrected chi connectivity index (χ3v) is 4.16. The van der Waals surface area contributed by atoms with E-state index in [2.05, 4.69) is 18.1 Å². The van der Waals surface area contributed by atoms with Crippen LogP contribution in [0.2, 0.25) is 0 Å². The van der Waals surface area contributed by atoms with Gasteiger partial charge in [-0.15, -0.1) is 11.6 Å². The summed E-state index contributed by atoms with van der Waals surface area (Å²) in [6, 6.07) is 0. The molecule has 0 aromatic rings. The van der Waals surface area contributed by atoms with Crippen molar-refractivity contribution in [2.24, 2.45) is 5.92 Å². The van der Waals surface area contributed by atoms with Gasteiger partial charge < -0.3 is 4.90 Å². The van der Waals surface area contributed by atoms with E-state index in [0.29, 0.717) is 5.38 Å². The summed E-state index contributed by atoms with van der Waals surface area (Å²) in [5.41, 5.74) is 0. The molecule has 0 aromatic heterocycles. The van der Waals surface area contributed by atoms with Gasteiger partial charge in [-0.1, -0.05) is 0 Å². The van der Waals surface area contributed by atoms with Crippen LogP contribution in [0.3, 0.4) is 0 Å². The monoisotopic (exact) mass is 235 g/mol. The van der Waals surface area contributed by atoms with Gasteiger partial charge in [-0.2, -0.15) is 11.8 Å². The van der Waals surface area contributed by atoms with E-state index < -0.39 is 0 Å². The third-order valence-electron chi connectivity index (χ3n) is 3.10. The number of piperidine rings is 1. The molecule has 1 heterocycles. The van der Waals surface area contributed by atoms with Crippen molar-refractivity contribution in [1.82, 2.24) is 4.90 Å². The molecule has 1 nitrogen and oxygen atoms in total. The molecule has 1 saturated heterocycles. The molecule has 0 bridgehead atoms. The molecule has 0 radical (unpaired) electrons. The third kappa shape index (κ3) is 4.41. The fourth-order valence-corrected chi connectivity index (χ4v) is 2.74. The lowest BCUT2D eigenvalue weighted by molar-refractivity contribution is 0.184. The number of hydrogen-bond acceptors (Lipinski definition) is 2. The smallest absolute Gasteiger partial charge is 0.0337 e. The van der Waals surface area contributed by atoms with Crippen molar-refractivity contribution in [3.8, 4) is 0 Å². The molecule has 1 aliphatic heterocycles. The molecule has 1 aliphatic rings. The van der Waals surface area contributed by atoms with E-state index in [9.17, 15) is 0 Å². The maximum atomic E-state index is 6.11. The van der Waals surface area contributed by atoms with Crippen LogP contribution in [-0.2, 0) is 0 Å². The van der Waals surface area contributed by atoms with Crippen molar-refractivity contribution in [1.29, 1.82) is 0 Å². The van der Waals surface area contributed by atoms with Crippen LogP contribution in [0.15, 0.2) is 0 Å². The van der Waals surface area contributed by atoms with Crippen molar-refractivity contribution in [3.63, 3.8) is 0 Å². The minimum atomic E-state index is 0.364. The molecule has 1 unspecified atom stereocenters. The summed E-state index contributed by atoms with van der Waals surface area (Å²) < 4.78 is 0. The number of alkyl halides is 1. The zero-order chi connectivity index (χ0) is 10.4. The Morgan fingerprint density at radius 3 is 2.57 bits per heavy atom. The van der Waals surface area contributed by atoms with Gasteiger partial charge in [0.2, 0.25) is 0 Å². The van der Waals surface area contributed by atoms with Gasteiger partial charge in [0.1, 0.15) is 0 Å². The number of hydrogen-bond donors (Lipinski definition) is 0. The van der Waals surface area contributed by atoms with E-state index in [4.69, 9.17) is 11.6 Å². The summed E-state index contributed by atoms with van der Waals surface area (Å²) in [5, 5.41) is 0.364. The van der Waals surface area contributed by atoms with Gasteiger partial charge in [-0.25, -0.2) is 0 Å². The van der Waals surface area contributed by atoms with Crippen molar-refractivity contribution < 1.29 is 0 Å². The molecule has 84 valence electrons. The van der Waals surface area contributed by atoms with E-state index in [1.165, 1.54) is 44.6 Å². The van der Waals surface area contributed by atoms with Crippen LogP contribution in [-0.4, -0.2) is 41.9 Å². The van der Waals surface area contributed by atoms with Crippen LogP contribution in [0.1, 0.15) is 26.2 Å². The van der Waals surface area contributed by atoms with E-state index >= 15 is 0 Å². The van der Waals surface area contributed by atoms with Crippen molar-refractivity contribution in [2.75, 3.05) is 31.6 Å². The Labute approximate surface area is 97.6 Å². The molecule has 1 fully saturated rings. The fraction of sp³-hybridized carbons (Fsp3) is 1.00. The lowest BCUT2D eigenvalue weighted by atomic mass is 9.94. The number of nitrogens with zero attached hydrogens (tertiary/aromatic N) is 1. The molecule has 0 saturated carbocycles. The molecule has 0 N–H and O–H groups in total. The lowest BCUT2D eigenvalue weighted by Gasteiger charge is -2.33. The molecular weight excluding hydrogens is 214 g/mol. The first-order chi connectivity index (χ1) is 6.74. The summed E-state index contributed by atoms with van der Waals surface area (Å²) in [7, 11) is 0. The van der Waals surface area contributed by atoms with Gasteiger partial charge in [-0.3, -0.25) is 0 Å². The van der Waals surface area contributed by atoms with E-state index in [1.807, 2.05) is 11.8 Å². The van der Waals surface area contributed by atoms with Gasteiger partial charge in [0, 0.05) is 5.38 Å². The standard InChI is InChI=1S/C11H22ClNS/c1-10(12)11-4-7-13(8-5-11)6-3-9-14-2/h10-11H,3-9H2,1-2H3. The molecule has 1 atom stereocenters. The van der Waals surface area contributed by atoms with Crippen molar-refractivity contribution in [3.05, 3.63) is 0 Å². The molecule has 0 aromatic carbocycles. The minimum Gasteiger partial charge on any atom is -0.303 e. The lowest BCUT2D eigenvalue weighted by Crippen LogP contribution is -2.36. The zero-order valence-electron chi connectivity index (χ0n) is 9.34. The number of halogens is 1. The SMILES string of the molecule is CSCCCN1CCC(C(C)Cl)CC1.